The third-order valence-corrected chi connectivity index (χ3v) is 5.34. The van der Waals surface area contributed by atoms with Gasteiger partial charge in [-0.15, -0.1) is 0 Å². The maximum absolute atomic E-state index is 12.6. The van der Waals surface area contributed by atoms with E-state index < -0.39 is 15.9 Å². The van der Waals surface area contributed by atoms with Crippen molar-refractivity contribution in [3.63, 3.8) is 0 Å². The van der Waals surface area contributed by atoms with E-state index in [0.717, 1.165) is 6.42 Å². The molecule has 0 bridgehead atoms. The predicted molar refractivity (Wildman–Crippen MR) is 107 cm³/mol. The van der Waals surface area contributed by atoms with E-state index in [4.69, 9.17) is 14.6 Å². The molecule has 2 aromatic rings. The second-order valence-corrected chi connectivity index (χ2v) is 8.20. The van der Waals surface area contributed by atoms with Gasteiger partial charge in [-0.3, -0.25) is 4.79 Å². The summed E-state index contributed by atoms with van der Waals surface area (Å²) in [6.45, 7) is 4.13. The minimum absolute atomic E-state index is 0.0395. The summed E-state index contributed by atoms with van der Waals surface area (Å²) in [6.07, 6.45) is 0.831. The van der Waals surface area contributed by atoms with Crippen molar-refractivity contribution in [3.05, 3.63) is 45.9 Å². The number of rotatable bonds is 7. The zero-order valence-corrected chi connectivity index (χ0v) is 17.6. The lowest BCUT2D eigenvalue weighted by Crippen LogP contribution is -2.16. The van der Waals surface area contributed by atoms with Gasteiger partial charge >= 0.3 is 0 Å². The van der Waals surface area contributed by atoms with Crippen molar-refractivity contribution in [1.29, 1.82) is 0 Å². The van der Waals surface area contributed by atoms with Crippen molar-refractivity contribution in [1.82, 2.24) is 0 Å². The Bertz CT molecular complexity index is 960. The van der Waals surface area contributed by atoms with Crippen LogP contribution in [0.3, 0.4) is 0 Å². The van der Waals surface area contributed by atoms with Crippen molar-refractivity contribution < 1.29 is 22.7 Å². The van der Waals surface area contributed by atoms with Crippen LogP contribution >= 0.6 is 15.9 Å². The molecule has 3 N–H and O–H groups in total. The number of anilines is 1. The lowest BCUT2D eigenvalue weighted by molar-refractivity contribution is 0.102. The molecule has 7 nitrogen and oxygen atoms in total. The molecule has 27 heavy (non-hydrogen) atoms. The van der Waals surface area contributed by atoms with Crippen molar-refractivity contribution in [2.45, 2.75) is 25.2 Å². The summed E-state index contributed by atoms with van der Waals surface area (Å²) >= 11 is 3.39. The zero-order chi connectivity index (χ0) is 20.2. The van der Waals surface area contributed by atoms with E-state index in [2.05, 4.69) is 21.2 Å². The Morgan fingerprint density at radius 1 is 1.26 bits per heavy atom. The van der Waals surface area contributed by atoms with Crippen LogP contribution in [0, 0.1) is 6.92 Å². The van der Waals surface area contributed by atoms with Gasteiger partial charge < -0.3 is 14.8 Å². The van der Waals surface area contributed by atoms with Gasteiger partial charge in [0.05, 0.1) is 23.1 Å². The topological polar surface area (TPSA) is 108 Å². The maximum Gasteiger partial charge on any atom is 0.255 e. The molecule has 2 aromatic carbocycles. The highest BCUT2D eigenvalue weighted by Gasteiger charge is 2.17. The Balaban J connectivity index is 2.32. The number of sulfonamides is 1. The second kappa shape index (κ2) is 8.73. The number of nitrogens with one attached hydrogen (secondary N) is 1. The van der Waals surface area contributed by atoms with E-state index >= 15 is 0 Å². The van der Waals surface area contributed by atoms with Crippen molar-refractivity contribution >= 4 is 37.5 Å². The molecule has 0 unspecified atom stereocenters. The minimum atomic E-state index is -3.88. The summed E-state index contributed by atoms with van der Waals surface area (Å²) in [6, 6.07) is 7.67. The summed E-state index contributed by atoms with van der Waals surface area (Å²) in [4.78, 5) is 12.6. The lowest BCUT2D eigenvalue weighted by atomic mass is 10.1. The Hall–Kier alpha value is -2.10. The molecule has 0 radical (unpaired) electrons. The third-order valence-electron chi connectivity index (χ3n) is 3.69. The number of amides is 1. The monoisotopic (exact) mass is 456 g/mol. The fraction of sp³-hybridized carbons (Fsp3) is 0.278. The normalized spacial score (nSPS) is 11.1. The summed E-state index contributed by atoms with van der Waals surface area (Å²) in [5, 5.41) is 7.87. The molecule has 0 aliphatic rings. The standard InChI is InChI=1S/C18H21BrN2O5S/c1-4-7-26-17-14(19)8-12(9-15(17)25-3)18(22)21-13-6-5-11(2)16(10-13)27(20,23)24/h5-6,8-10H,4,7H2,1-3H3,(H,21,22)(H2,20,23,24). The summed E-state index contributed by atoms with van der Waals surface area (Å²) in [5.74, 6) is 0.500. The highest BCUT2D eigenvalue weighted by molar-refractivity contribution is 9.10. The van der Waals surface area contributed by atoms with Crippen LogP contribution in [-0.2, 0) is 10.0 Å². The summed E-state index contributed by atoms with van der Waals surface area (Å²) < 4.78 is 34.8. The van der Waals surface area contributed by atoms with E-state index in [-0.39, 0.29) is 4.90 Å². The molecule has 0 saturated carbocycles. The number of aryl methyl sites for hydroxylation is 1. The van der Waals surface area contributed by atoms with Gasteiger partial charge in [-0.2, -0.15) is 0 Å². The molecule has 0 spiro atoms. The average Bonchev–Trinajstić information content (AvgIpc) is 2.60. The van der Waals surface area contributed by atoms with Gasteiger partial charge in [0.1, 0.15) is 0 Å². The smallest absolute Gasteiger partial charge is 0.255 e. The molecular formula is C18H21BrN2O5S. The number of halogens is 1. The van der Waals surface area contributed by atoms with Crippen molar-refractivity contribution in [2.24, 2.45) is 5.14 Å². The quantitative estimate of drug-likeness (QED) is 0.662. The first-order valence-corrected chi connectivity index (χ1v) is 10.5. The Morgan fingerprint density at radius 2 is 1.96 bits per heavy atom. The van der Waals surface area contributed by atoms with Crippen LogP contribution in [0.2, 0.25) is 0 Å². The maximum atomic E-state index is 12.6. The molecule has 9 heteroatoms. The van der Waals surface area contributed by atoms with Gasteiger partial charge in [0.15, 0.2) is 11.5 Å². The van der Waals surface area contributed by atoms with Crippen LogP contribution in [-0.4, -0.2) is 28.0 Å². The fourth-order valence-electron chi connectivity index (χ4n) is 2.38. The highest BCUT2D eigenvalue weighted by Crippen LogP contribution is 2.37. The van der Waals surface area contributed by atoms with Crippen LogP contribution in [0.25, 0.3) is 0 Å². The SMILES string of the molecule is CCCOc1c(Br)cc(C(=O)Nc2ccc(C)c(S(N)(=O)=O)c2)cc1OC. The van der Waals surface area contributed by atoms with E-state index in [1.165, 1.54) is 13.2 Å². The first-order valence-electron chi connectivity index (χ1n) is 8.12. The van der Waals surface area contributed by atoms with Crippen LogP contribution < -0.4 is 19.9 Å². The number of hydrogen-bond donors (Lipinski definition) is 2. The summed E-state index contributed by atoms with van der Waals surface area (Å²) in [5.41, 5.74) is 1.13. The number of methoxy groups -OCH3 is 1. The molecule has 1 amide bonds. The number of carbonyl (C=O) groups excluding carboxylic acids is 1. The Labute approximate surface area is 167 Å². The van der Waals surface area contributed by atoms with Crippen LogP contribution in [0.15, 0.2) is 39.7 Å². The number of carbonyl (C=O) groups is 1. The van der Waals surface area contributed by atoms with Gasteiger partial charge in [-0.1, -0.05) is 13.0 Å². The second-order valence-electron chi connectivity index (χ2n) is 5.82. The molecule has 0 fully saturated rings. The van der Waals surface area contributed by atoms with Crippen LogP contribution in [0.5, 0.6) is 11.5 Å². The van der Waals surface area contributed by atoms with Gasteiger partial charge in [0.25, 0.3) is 5.91 Å². The van der Waals surface area contributed by atoms with E-state index in [1.54, 1.807) is 31.2 Å². The molecule has 0 heterocycles. The first kappa shape index (κ1) is 21.2. The zero-order valence-electron chi connectivity index (χ0n) is 15.2. The van der Waals surface area contributed by atoms with Gasteiger partial charge in [0.2, 0.25) is 10.0 Å². The van der Waals surface area contributed by atoms with Gasteiger partial charge in [-0.25, -0.2) is 13.6 Å². The predicted octanol–water partition coefficient (Wildman–Crippen LogP) is 3.45. The molecule has 0 aliphatic carbocycles. The Kier molecular flexibility index (Phi) is 6.85. The number of hydrogen-bond acceptors (Lipinski definition) is 5. The molecule has 146 valence electrons. The van der Waals surface area contributed by atoms with Crippen molar-refractivity contribution in [2.75, 3.05) is 19.0 Å². The van der Waals surface area contributed by atoms with E-state index in [9.17, 15) is 13.2 Å². The van der Waals surface area contributed by atoms with E-state index in [1.807, 2.05) is 6.92 Å². The van der Waals surface area contributed by atoms with E-state index in [0.29, 0.717) is 39.4 Å². The number of primary sulfonamides is 1. The molecule has 2 rings (SSSR count). The number of benzene rings is 2. The fourth-order valence-corrected chi connectivity index (χ4v) is 3.75. The molecule has 0 atom stereocenters. The third kappa shape index (κ3) is 5.21. The molecule has 0 saturated heterocycles. The number of ether oxygens (including phenoxy) is 2. The van der Waals surface area contributed by atoms with Gasteiger partial charge in [-0.05, 0) is 59.1 Å². The van der Waals surface area contributed by atoms with Gasteiger partial charge in [0, 0.05) is 11.3 Å². The lowest BCUT2D eigenvalue weighted by Gasteiger charge is -2.14. The molecular weight excluding hydrogens is 436 g/mol. The molecule has 0 aliphatic heterocycles. The van der Waals surface area contributed by atoms with Crippen LogP contribution in [0.4, 0.5) is 5.69 Å². The largest absolute Gasteiger partial charge is 0.493 e. The number of nitrogens with two attached hydrogens (primary N) is 1. The highest BCUT2D eigenvalue weighted by atomic mass is 79.9. The minimum Gasteiger partial charge on any atom is -0.493 e. The summed E-state index contributed by atoms with van der Waals surface area (Å²) in [7, 11) is -2.40. The molecule has 0 aromatic heterocycles. The average molecular weight is 457 g/mol. The van der Waals surface area contributed by atoms with Crippen molar-refractivity contribution in [3.8, 4) is 11.5 Å². The first-order chi connectivity index (χ1) is 12.7. The Morgan fingerprint density at radius 3 is 2.56 bits per heavy atom. The van der Waals surface area contributed by atoms with Crippen LogP contribution in [0.1, 0.15) is 29.3 Å².